The van der Waals surface area contributed by atoms with Crippen LogP contribution in [0.3, 0.4) is 0 Å². The van der Waals surface area contributed by atoms with Crippen LogP contribution in [0.1, 0.15) is 45.4 Å². The van der Waals surface area contributed by atoms with Crippen LogP contribution in [0.25, 0.3) is 11.1 Å². The Morgan fingerprint density at radius 1 is 1.06 bits per heavy atom. The van der Waals surface area contributed by atoms with E-state index in [0.29, 0.717) is 22.3 Å². The number of halogens is 2. The normalized spacial score (nSPS) is 22.1. The van der Waals surface area contributed by atoms with Crippen LogP contribution < -0.4 is 16.0 Å². The Kier molecular flexibility index (Phi) is 9.47. The Labute approximate surface area is 218 Å². The lowest BCUT2D eigenvalue weighted by molar-refractivity contribution is 0.0300. The van der Waals surface area contributed by atoms with Crippen LogP contribution in [0.2, 0.25) is 10.2 Å². The van der Waals surface area contributed by atoms with Crippen LogP contribution in [0.4, 0.5) is 11.5 Å². The molecular weight excluding hydrogens is 485 g/mol. The number of methoxy groups -OCH3 is 1. The molecule has 0 amide bonds. The largest absolute Gasteiger partial charge is 0.383 e. The molecule has 1 aliphatic carbocycles. The van der Waals surface area contributed by atoms with Gasteiger partial charge in [0.2, 0.25) is 0 Å². The molecule has 1 saturated carbocycles. The highest BCUT2D eigenvalue weighted by molar-refractivity contribution is 6.33. The quantitative estimate of drug-likeness (QED) is 0.275. The van der Waals surface area contributed by atoms with Crippen LogP contribution in [0, 0.1) is 5.41 Å². The van der Waals surface area contributed by atoms with Crippen molar-refractivity contribution in [3.8, 4) is 11.1 Å². The fraction of sp³-hybridized carbons (Fsp3) is 0.615. The summed E-state index contributed by atoms with van der Waals surface area (Å²) < 4.78 is 10.7. The Bertz CT molecular complexity index is 963. The van der Waals surface area contributed by atoms with Crippen LogP contribution in [-0.4, -0.2) is 62.1 Å². The summed E-state index contributed by atoms with van der Waals surface area (Å²) in [6.07, 6.45) is 10.0. The highest BCUT2D eigenvalue weighted by Gasteiger charge is 2.27. The number of hydrogen-bond acceptors (Lipinski definition) is 7. The number of ether oxygens (including phenoxy) is 2. The van der Waals surface area contributed by atoms with Crippen molar-refractivity contribution in [3.05, 3.63) is 34.7 Å². The van der Waals surface area contributed by atoms with E-state index in [1.54, 1.807) is 19.5 Å². The van der Waals surface area contributed by atoms with Crippen molar-refractivity contribution in [1.29, 1.82) is 0 Å². The van der Waals surface area contributed by atoms with E-state index in [-0.39, 0.29) is 5.41 Å². The molecule has 4 rings (SSSR count). The van der Waals surface area contributed by atoms with Gasteiger partial charge in [0.25, 0.3) is 0 Å². The van der Waals surface area contributed by atoms with Crippen molar-refractivity contribution in [2.45, 2.75) is 57.5 Å². The third-order valence-corrected chi connectivity index (χ3v) is 7.83. The Morgan fingerprint density at radius 2 is 1.80 bits per heavy atom. The van der Waals surface area contributed by atoms with Crippen molar-refractivity contribution in [3.63, 3.8) is 0 Å². The average molecular weight is 523 g/mol. The molecule has 1 aliphatic heterocycles. The molecule has 9 heteroatoms. The number of nitrogens with one attached hydrogen (secondary N) is 3. The second-order valence-electron chi connectivity index (χ2n) is 10.0. The maximum Gasteiger partial charge on any atom is 0.152 e. The predicted octanol–water partition coefficient (Wildman–Crippen LogP) is 5.64. The molecular formula is C26H37Cl2N5O2. The molecule has 2 aromatic heterocycles. The molecule has 2 aliphatic rings. The predicted molar refractivity (Wildman–Crippen MR) is 144 cm³/mol. The first kappa shape index (κ1) is 26.4. The number of nitrogens with zero attached hydrogens (tertiary/aromatic N) is 2. The van der Waals surface area contributed by atoms with Gasteiger partial charge in [0.15, 0.2) is 5.15 Å². The van der Waals surface area contributed by atoms with E-state index in [0.717, 1.165) is 94.1 Å². The van der Waals surface area contributed by atoms with Gasteiger partial charge in [-0.2, -0.15) is 0 Å². The third-order valence-electron chi connectivity index (χ3n) is 7.23. The first-order chi connectivity index (χ1) is 17.0. The van der Waals surface area contributed by atoms with Crippen LogP contribution in [0.5, 0.6) is 0 Å². The zero-order valence-corrected chi connectivity index (χ0v) is 22.2. The van der Waals surface area contributed by atoms with Crippen molar-refractivity contribution < 1.29 is 9.47 Å². The summed E-state index contributed by atoms with van der Waals surface area (Å²) >= 11 is 13.0. The number of anilines is 2. The molecule has 192 valence electrons. The lowest BCUT2D eigenvalue weighted by Crippen LogP contribution is -2.38. The summed E-state index contributed by atoms with van der Waals surface area (Å²) in [5.41, 5.74) is 2.80. The topological polar surface area (TPSA) is 80.3 Å². The number of pyridine rings is 2. The van der Waals surface area contributed by atoms with E-state index in [9.17, 15) is 0 Å². The molecule has 3 N–H and O–H groups in total. The fourth-order valence-electron chi connectivity index (χ4n) is 4.82. The van der Waals surface area contributed by atoms with E-state index >= 15 is 0 Å². The lowest BCUT2D eigenvalue weighted by Gasteiger charge is -2.34. The minimum atomic E-state index is 0.182. The Morgan fingerprint density at radius 3 is 2.54 bits per heavy atom. The first-order valence-corrected chi connectivity index (χ1v) is 13.3. The van der Waals surface area contributed by atoms with Gasteiger partial charge in [-0.1, -0.05) is 30.1 Å². The zero-order chi connectivity index (χ0) is 24.7. The highest BCUT2D eigenvalue weighted by Crippen LogP contribution is 2.35. The van der Waals surface area contributed by atoms with Gasteiger partial charge in [0, 0.05) is 69.0 Å². The number of aromatic nitrogens is 2. The minimum absolute atomic E-state index is 0.182. The summed E-state index contributed by atoms with van der Waals surface area (Å²) in [7, 11) is 1.74. The molecule has 0 bridgehead atoms. The standard InChI is InChI=1S/C26H37Cl2N5O2/c1-26(7-10-35-11-8-26)17-32-23-13-18(15-31-25(23)28)21-14-24(30-16-22(21)27)33-20-5-3-19(4-6-20)29-9-12-34-2/h13-16,19-20,29,32H,3-12,17H2,1-2H3,(H,30,33). The fourth-order valence-corrected chi connectivity index (χ4v) is 5.21. The van der Waals surface area contributed by atoms with E-state index < -0.39 is 0 Å². The number of hydrogen-bond donors (Lipinski definition) is 3. The summed E-state index contributed by atoms with van der Waals surface area (Å²) in [4.78, 5) is 8.97. The summed E-state index contributed by atoms with van der Waals surface area (Å²) in [5, 5.41) is 11.8. The molecule has 7 nitrogen and oxygen atoms in total. The van der Waals surface area contributed by atoms with Gasteiger partial charge >= 0.3 is 0 Å². The molecule has 2 fully saturated rings. The molecule has 0 aromatic carbocycles. The van der Waals surface area contributed by atoms with Gasteiger partial charge < -0.3 is 25.4 Å². The van der Waals surface area contributed by atoms with Crippen LogP contribution in [-0.2, 0) is 9.47 Å². The second-order valence-corrected chi connectivity index (χ2v) is 10.8. The minimum Gasteiger partial charge on any atom is -0.383 e. The van der Waals surface area contributed by atoms with Crippen molar-refractivity contribution in [2.75, 3.05) is 50.7 Å². The molecule has 1 saturated heterocycles. The molecule has 0 unspecified atom stereocenters. The molecule has 0 atom stereocenters. The van der Waals surface area contributed by atoms with E-state index in [2.05, 4.69) is 32.8 Å². The van der Waals surface area contributed by atoms with Gasteiger partial charge in [-0.25, -0.2) is 9.97 Å². The maximum atomic E-state index is 6.56. The highest BCUT2D eigenvalue weighted by atomic mass is 35.5. The molecule has 0 spiro atoms. The SMILES string of the molecule is COCCNC1CCC(Nc2cc(-c3cnc(Cl)c(NCC4(C)CCOCC4)c3)c(Cl)cn2)CC1. The molecule has 2 aromatic rings. The van der Waals surface area contributed by atoms with Gasteiger partial charge in [0.1, 0.15) is 5.82 Å². The van der Waals surface area contributed by atoms with Gasteiger partial charge in [0.05, 0.1) is 17.3 Å². The van der Waals surface area contributed by atoms with Crippen molar-refractivity contribution in [1.82, 2.24) is 15.3 Å². The monoisotopic (exact) mass is 521 g/mol. The van der Waals surface area contributed by atoms with E-state index in [1.165, 1.54) is 0 Å². The smallest absolute Gasteiger partial charge is 0.152 e. The summed E-state index contributed by atoms with van der Waals surface area (Å²) in [6.45, 7) is 6.37. The molecule has 0 radical (unpaired) electrons. The summed E-state index contributed by atoms with van der Waals surface area (Å²) in [6, 6.07) is 5.00. The lowest BCUT2D eigenvalue weighted by atomic mass is 9.82. The van der Waals surface area contributed by atoms with Gasteiger partial charge in [-0.05, 0) is 56.1 Å². The molecule has 3 heterocycles. The van der Waals surface area contributed by atoms with Crippen molar-refractivity contribution >= 4 is 34.7 Å². The van der Waals surface area contributed by atoms with Gasteiger partial charge in [-0.3, -0.25) is 0 Å². The maximum absolute atomic E-state index is 6.56. The van der Waals surface area contributed by atoms with Crippen molar-refractivity contribution in [2.24, 2.45) is 5.41 Å². The zero-order valence-electron chi connectivity index (χ0n) is 20.7. The summed E-state index contributed by atoms with van der Waals surface area (Å²) in [5.74, 6) is 0.833. The Balaban J connectivity index is 1.40. The van der Waals surface area contributed by atoms with Crippen LogP contribution >= 0.6 is 23.2 Å². The first-order valence-electron chi connectivity index (χ1n) is 12.6. The van der Waals surface area contributed by atoms with E-state index in [4.69, 9.17) is 32.7 Å². The third kappa shape index (κ3) is 7.43. The number of rotatable bonds is 10. The van der Waals surface area contributed by atoms with Gasteiger partial charge in [-0.15, -0.1) is 0 Å². The second kappa shape index (κ2) is 12.5. The average Bonchev–Trinajstić information content (AvgIpc) is 2.86. The Hall–Kier alpha value is -1.64. The molecule has 35 heavy (non-hydrogen) atoms. The van der Waals surface area contributed by atoms with E-state index in [1.807, 2.05) is 12.1 Å². The van der Waals surface area contributed by atoms with Crippen LogP contribution in [0.15, 0.2) is 24.5 Å².